The first-order chi connectivity index (χ1) is 17.8. The average Bonchev–Trinajstić information content (AvgIpc) is 2.88. The van der Waals surface area contributed by atoms with Gasteiger partial charge in [0.2, 0.25) is 10.0 Å². The molecule has 0 spiro atoms. The maximum absolute atomic E-state index is 13.4. The van der Waals surface area contributed by atoms with Crippen molar-refractivity contribution in [3.63, 3.8) is 0 Å². The van der Waals surface area contributed by atoms with Crippen molar-refractivity contribution in [3.8, 4) is 5.75 Å². The Morgan fingerprint density at radius 1 is 1.08 bits per heavy atom. The lowest BCUT2D eigenvalue weighted by atomic mass is 10.0. The molecule has 0 unspecified atom stereocenters. The zero-order chi connectivity index (χ0) is 26.4. The average molecular weight is 604 g/mol. The van der Waals surface area contributed by atoms with Gasteiger partial charge in [0.05, 0.1) is 4.90 Å². The van der Waals surface area contributed by atoms with Crippen LogP contribution in [-0.2, 0) is 23.2 Å². The molecule has 0 atom stereocenters. The molecule has 0 aromatic heterocycles. The van der Waals surface area contributed by atoms with Crippen LogP contribution in [0.1, 0.15) is 29.5 Å². The molecule has 1 aliphatic heterocycles. The third-order valence-corrected chi connectivity index (χ3v) is 9.30. The molecule has 1 fully saturated rings. The highest BCUT2D eigenvalue weighted by atomic mass is 79.9. The van der Waals surface area contributed by atoms with Crippen LogP contribution in [0.4, 0.5) is 0 Å². The van der Waals surface area contributed by atoms with Crippen LogP contribution < -0.4 is 4.74 Å². The van der Waals surface area contributed by atoms with Crippen LogP contribution >= 0.6 is 27.5 Å². The molecular formula is C29H32BrClN2O3S. The zero-order valence-corrected chi connectivity index (χ0v) is 24.1. The molecule has 0 amide bonds. The van der Waals surface area contributed by atoms with Crippen molar-refractivity contribution in [2.75, 3.05) is 19.6 Å². The van der Waals surface area contributed by atoms with E-state index in [1.54, 1.807) is 22.5 Å². The zero-order valence-electron chi connectivity index (χ0n) is 20.9. The Bertz CT molecular complexity index is 1310. The molecular weight excluding hydrogens is 572 g/mol. The van der Waals surface area contributed by atoms with Gasteiger partial charge in [-0.3, -0.25) is 4.90 Å². The Labute approximate surface area is 233 Å². The molecule has 1 saturated heterocycles. The van der Waals surface area contributed by atoms with Gasteiger partial charge in [-0.05, 0) is 67.8 Å². The van der Waals surface area contributed by atoms with E-state index in [9.17, 15) is 8.42 Å². The third kappa shape index (κ3) is 7.24. The summed E-state index contributed by atoms with van der Waals surface area (Å²) in [5.74, 6) is 0.843. The first kappa shape index (κ1) is 27.9. The number of benzene rings is 3. The van der Waals surface area contributed by atoms with Crippen molar-refractivity contribution in [1.29, 1.82) is 0 Å². The molecule has 3 aromatic rings. The van der Waals surface area contributed by atoms with Crippen molar-refractivity contribution in [1.82, 2.24) is 9.21 Å². The number of hydrogen-bond acceptors (Lipinski definition) is 4. The molecule has 4 rings (SSSR count). The highest BCUT2D eigenvalue weighted by Gasteiger charge is 2.33. The summed E-state index contributed by atoms with van der Waals surface area (Å²) in [5, 5.41) is 0.704. The SMILES string of the molecule is C=CCN(C1CCN(Cc2cc(Br)ccc2OCc2ccc(Cl)cc2)CC1)S(=O)(=O)c1ccc(C)cc1. The fraction of sp³-hybridized carbons (Fsp3) is 0.310. The van der Waals surface area contributed by atoms with Gasteiger partial charge in [-0.2, -0.15) is 4.31 Å². The standard InChI is InChI=1S/C29H32BrClN2O3S/c1-3-16-33(37(34,35)28-11-4-22(2)5-12-28)27-14-17-32(18-15-27)20-24-19-25(30)8-13-29(24)36-21-23-6-9-26(31)10-7-23/h3-13,19,27H,1,14-18,20-21H2,2H3. The minimum Gasteiger partial charge on any atom is -0.489 e. The number of sulfonamides is 1. The summed E-state index contributed by atoms with van der Waals surface area (Å²) in [4.78, 5) is 2.69. The Hall–Kier alpha value is -2.16. The maximum atomic E-state index is 13.4. The number of aryl methyl sites for hydroxylation is 1. The summed E-state index contributed by atoms with van der Waals surface area (Å²) in [5.41, 5.74) is 3.18. The highest BCUT2D eigenvalue weighted by molar-refractivity contribution is 9.10. The van der Waals surface area contributed by atoms with E-state index in [1.165, 1.54) is 0 Å². The Balaban J connectivity index is 1.41. The lowest BCUT2D eigenvalue weighted by molar-refractivity contribution is 0.156. The predicted molar refractivity (Wildman–Crippen MR) is 153 cm³/mol. The minimum atomic E-state index is -3.60. The van der Waals surface area contributed by atoms with Crippen LogP contribution in [0.25, 0.3) is 0 Å². The van der Waals surface area contributed by atoms with Gasteiger partial charge in [0.1, 0.15) is 12.4 Å². The van der Waals surface area contributed by atoms with Crippen LogP contribution in [0, 0.1) is 6.92 Å². The molecule has 0 bridgehead atoms. The summed E-state index contributed by atoms with van der Waals surface area (Å²) in [7, 11) is -3.60. The number of hydrogen-bond donors (Lipinski definition) is 0. The molecule has 196 valence electrons. The molecule has 0 aliphatic carbocycles. The van der Waals surface area contributed by atoms with E-state index in [4.69, 9.17) is 16.3 Å². The quantitative estimate of drug-likeness (QED) is 0.238. The largest absolute Gasteiger partial charge is 0.489 e. The summed E-state index contributed by atoms with van der Waals surface area (Å²) < 4.78 is 35.6. The third-order valence-electron chi connectivity index (χ3n) is 6.63. The van der Waals surface area contributed by atoms with Gasteiger partial charge in [0.25, 0.3) is 0 Å². The Morgan fingerprint density at radius 2 is 1.76 bits per heavy atom. The predicted octanol–water partition coefficient (Wildman–Crippen LogP) is 6.83. The molecule has 8 heteroatoms. The summed E-state index contributed by atoms with van der Waals surface area (Å²) in [6, 6.07) is 20.7. The van der Waals surface area contributed by atoms with Gasteiger partial charge in [0, 0.05) is 47.3 Å². The maximum Gasteiger partial charge on any atom is 0.243 e. The number of rotatable bonds is 10. The van der Waals surface area contributed by atoms with E-state index in [2.05, 4.69) is 33.5 Å². The molecule has 5 nitrogen and oxygen atoms in total. The van der Waals surface area contributed by atoms with Gasteiger partial charge < -0.3 is 4.74 Å². The molecule has 37 heavy (non-hydrogen) atoms. The van der Waals surface area contributed by atoms with Crippen molar-refractivity contribution < 1.29 is 13.2 Å². The van der Waals surface area contributed by atoms with Crippen molar-refractivity contribution in [2.45, 2.75) is 43.9 Å². The molecule has 1 heterocycles. The summed E-state index contributed by atoms with van der Waals surface area (Å²) >= 11 is 9.58. The summed E-state index contributed by atoms with van der Waals surface area (Å²) in [6.45, 7) is 8.84. The van der Waals surface area contributed by atoms with Gasteiger partial charge in [-0.25, -0.2) is 8.42 Å². The highest BCUT2D eigenvalue weighted by Crippen LogP contribution is 2.29. The van der Waals surface area contributed by atoms with Crippen LogP contribution in [-0.4, -0.2) is 43.3 Å². The van der Waals surface area contributed by atoms with E-state index < -0.39 is 10.0 Å². The summed E-state index contributed by atoms with van der Waals surface area (Å²) in [6.07, 6.45) is 3.19. The minimum absolute atomic E-state index is 0.0660. The topological polar surface area (TPSA) is 49.9 Å². The first-order valence-electron chi connectivity index (χ1n) is 12.3. The number of nitrogens with zero attached hydrogens (tertiary/aromatic N) is 2. The smallest absolute Gasteiger partial charge is 0.243 e. The van der Waals surface area contributed by atoms with E-state index >= 15 is 0 Å². The van der Waals surface area contributed by atoms with E-state index in [0.717, 1.165) is 59.4 Å². The number of likely N-dealkylation sites (tertiary alicyclic amines) is 1. The van der Waals surface area contributed by atoms with E-state index in [0.29, 0.717) is 23.1 Å². The second kappa shape index (κ2) is 12.6. The number of piperidine rings is 1. The van der Waals surface area contributed by atoms with Gasteiger partial charge in [0.15, 0.2) is 0 Å². The van der Waals surface area contributed by atoms with Crippen LogP contribution in [0.2, 0.25) is 5.02 Å². The monoisotopic (exact) mass is 602 g/mol. The second-order valence-corrected chi connectivity index (χ2v) is 12.6. The molecule has 0 saturated carbocycles. The van der Waals surface area contributed by atoms with Crippen LogP contribution in [0.5, 0.6) is 5.75 Å². The fourth-order valence-electron chi connectivity index (χ4n) is 4.58. The normalized spacial score (nSPS) is 15.1. The van der Waals surface area contributed by atoms with Crippen molar-refractivity contribution >= 4 is 37.6 Å². The van der Waals surface area contributed by atoms with E-state index in [-0.39, 0.29) is 6.04 Å². The van der Waals surface area contributed by atoms with Gasteiger partial charge in [-0.15, -0.1) is 6.58 Å². The molecule has 0 radical (unpaired) electrons. The van der Waals surface area contributed by atoms with Gasteiger partial charge >= 0.3 is 0 Å². The van der Waals surface area contributed by atoms with Gasteiger partial charge in [-0.1, -0.05) is 63.4 Å². The molecule has 1 aliphatic rings. The first-order valence-corrected chi connectivity index (χ1v) is 14.9. The Kier molecular flexibility index (Phi) is 9.48. The van der Waals surface area contributed by atoms with Crippen LogP contribution in [0.3, 0.4) is 0 Å². The molecule has 3 aromatic carbocycles. The van der Waals surface area contributed by atoms with E-state index in [1.807, 2.05) is 55.5 Å². The van der Waals surface area contributed by atoms with Crippen LogP contribution in [0.15, 0.2) is 88.8 Å². The van der Waals surface area contributed by atoms with Crippen molar-refractivity contribution in [3.05, 3.63) is 106 Å². The number of halogens is 2. The lowest BCUT2D eigenvalue weighted by Gasteiger charge is -2.37. The molecule has 0 N–H and O–H groups in total. The Morgan fingerprint density at radius 3 is 2.41 bits per heavy atom. The number of ether oxygens (including phenoxy) is 1. The lowest BCUT2D eigenvalue weighted by Crippen LogP contribution is -2.47. The second-order valence-electron chi connectivity index (χ2n) is 9.35. The fourth-order valence-corrected chi connectivity index (χ4v) is 6.77. The van der Waals surface area contributed by atoms with Crippen molar-refractivity contribution in [2.24, 2.45) is 0 Å².